The molecule has 0 aliphatic carbocycles. The molecule has 2 fully saturated rings. The van der Waals surface area contributed by atoms with Gasteiger partial charge in [-0.1, -0.05) is 0 Å². The molecule has 2 saturated heterocycles. The third-order valence-electron chi connectivity index (χ3n) is 4.95. The maximum atomic E-state index is 12.5. The molecule has 4 rings (SSSR count). The highest BCUT2D eigenvalue weighted by Gasteiger charge is 2.41. The molecule has 2 aliphatic heterocycles. The smallest absolute Gasteiger partial charge is 0.253 e. The molecule has 2 aliphatic rings. The van der Waals surface area contributed by atoms with Gasteiger partial charge in [0.1, 0.15) is 11.5 Å². The monoisotopic (exact) mass is 311 g/mol. The Bertz CT molecular complexity index is 683. The summed E-state index contributed by atoms with van der Waals surface area (Å²) in [6, 6.07) is 7.66. The second kappa shape index (κ2) is 5.81. The Morgan fingerprint density at radius 1 is 1.13 bits per heavy atom. The Kier molecular flexibility index (Phi) is 3.65. The molecule has 0 spiro atoms. The van der Waals surface area contributed by atoms with Crippen LogP contribution in [-0.4, -0.2) is 46.9 Å². The number of nitrogens with zero attached hydrogens (tertiary/aromatic N) is 3. The summed E-state index contributed by atoms with van der Waals surface area (Å²) in [4.78, 5) is 20.9. The molecular formula is C18H21N3O2. The molecule has 2 atom stereocenters. The lowest BCUT2D eigenvalue weighted by molar-refractivity contribution is 0.0772. The lowest BCUT2D eigenvalue weighted by Gasteiger charge is -2.21. The van der Waals surface area contributed by atoms with Gasteiger partial charge in [0.05, 0.1) is 6.54 Å². The number of amides is 1. The Labute approximate surface area is 135 Å². The predicted molar refractivity (Wildman–Crippen MR) is 85.8 cm³/mol. The number of aryl methyl sites for hydroxylation is 1. The summed E-state index contributed by atoms with van der Waals surface area (Å²) in [6.07, 6.45) is 3.36. The minimum Gasteiger partial charge on any atom is -0.465 e. The molecule has 1 amide bonds. The van der Waals surface area contributed by atoms with Gasteiger partial charge in [-0.05, 0) is 43.0 Å². The molecule has 0 unspecified atom stereocenters. The van der Waals surface area contributed by atoms with E-state index < -0.39 is 0 Å². The topological polar surface area (TPSA) is 49.6 Å². The number of furan rings is 1. The predicted octanol–water partition coefficient (Wildman–Crippen LogP) is 2.19. The molecule has 2 aromatic rings. The minimum absolute atomic E-state index is 0.134. The number of aromatic nitrogens is 1. The number of likely N-dealkylation sites (tertiary alicyclic amines) is 2. The van der Waals surface area contributed by atoms with Crippen molar-refractivity contribution in [3.63, 3.8) is 0 Å². The Balaban J connectivity index is 1.36. The highest BCUT2D eigenvalue weighted by molar-refractivity contribution is 5.94. The van der Waals surface area contributed by atoms with E-state index >= 15 is 0 Å². The zero-order chi connectivity index (χ0) is 15.8. The van der Waals surface area contributed by atoms with Crippen molar-refractivity contribution >= 4 is 5.91 Å². The van der Waals surface area contributed by atoms with Crippen molar-refractivity contribution in [3.05, 3.63) is 53.7 Å². The molecule has 4 heterocycles. The highest BCUT2D eigenvalue weighted by Crippen LogP contribution is 2.32. The molecular weight excluding hydrogens is 290 g/mol. The van der Waals surface area contributed by atoms with Crippen LogP contribution in [0.5, 0.6) is 0 Å². The lowest BCUT2D eigenvalue weighted by atomic mass is 10.0. The number of hydrogen-bond acceptors (Lipinski definition) is 4. The molecule has 0 radical (unpaired) electrons. The van der Waals surface area contributed by atoms with Gasteiger partial charge in [-0.3, -0.25) is 14.7 Å². The highest BCUT2D eigenvalue weighted by atomic mass is 16.3. The van der Waals surface area contributed by atoms with E-state index in [0.29, 0.717) is 11.8 Å². The molecule has 0 aromatic carbocycles. The van der Waals surface area contributed by atoms with Crippen LogP contribution < -0.4 is 0 Å². The first kappa shape index (κ1) is 14.5. The lowest BCUT2D eigenvalue weighted by Crippen LogP contribution is -2.33. The standard InChI is InChI=1S/C18H21N3O2/c1-13-2-3-17(23-13)12-20-8-15-10-21(11-16(15)9-20)18(22)14-4-6-19-7-5-14/h2-7,15-16H,8-12H2,1H3/t15-,16-/m1/s1. The summed E-state index contributed by atoms with van der Waals surface area (Å²) in [5, 5.41) is 0. The summed E-state index contributed by atoms with van der Waals surface area (Å²) in [6.45, 7) is 6.66. The molecule has 0 bridgehead atoms. The second-order valence-corrected chi connectivity index (χ2v) is 6.67. The van der Waals surface area contributed by atoms with E-state index in [1.54, 1.807) is 24.5 Å². The van der Waals surface area contributed by atoms with Crippen molar-refractivity contribution < 1.29 is 9.21 Å². The van der Waals surface area contributed by atoms with E-state index in [9.17, 15) is 4.79 Å². The fourth-order valence-corrected chi connectivity index (χ4v) is 3.85. The largest absolute Gasteiger partial charge is 0.465 e. The Morgan fingerprint density at radius 2 is 1.83 bits per heavy atom. The molecule has 23 heavy (non-hydrogen) atoms. The van der Waals surface area contributed by atoms with Crippen LogP contribution >= 0.6 is 0 Å². The average molecular weight is 311 g/mol. The number of pyridine rings is 1. The first-order valence-electron chi connectivity index (χ1n) is 8.16. The molecule has 5 nitrogen and oxygen atoms in total. The zero-order valence-electron chi connectivity index (χ0n) is 13.3. The maximum Gasteiger partial charge on any atom is 0.253 e. The first-order valence-corrected chi connectivity index (χ1v) is 8.16. The Hall–Kier alpha value is -2.14. The van der Waals surface area contributed by atoms with Crippen molar-refractivity contribution in [2.24, 2.45) is 11.8 Å². The fraction of sp³-hybridized carbons (Fsp3) is 0.444. The van der Waals surface area contributed by atoms with E-state index in [-0.39, 0.29) is 5.91 Å². The van der Waals surface area contributed by atoms with Crippen molar-refractivity contribution in [3.8, 4) is 0 Å². The van der Waals surface area contributed by atoms with Crippen molar-refractivity contribution in [1.82, 2.24) is 14.8 Å². The summed E-state index contributed by atoms with van der Waals surface area (Å²) in [5.74, 6) is 3.30. The summed E-state index contributed by atoms with van der Waals surface area (Å²) in [7, 11) is 0. The van der Waals surface area contributed by atoms with E-state index in [1.807, 2.05) is 17.9 Å². The number of carbonyl (C=O) groups is 1. The van der Waals surface area contributed by atoms with Gasteiger partial charge in [0.15, 0.2) is 0 Å². The van der Waals surface area contributed by atoms with Gasteiger partial charge in [0, 0.05) is 44.1 Å². The van der Waals surface area contributed by atoms with Crippen LogP contribution in [0.1, 0.15) is 21.9 Å². The third kappa shape index (κ3) is 2.88. The van der Waals surface area contributed by atoms with Gasteiger partial charge >= 0.3 is 0 Å². The normalized spacial score (nSPS) is 24.1. The van der Waals surface area contributed by atoms with Gasteiger partial charge in [-0.2, -0.15) is 0 Å². The van der Waals surface area contributed by atoms with E-state index in [1.165, 1.54) is 0 Å². The number of carbonyl (C=O) groups excluding carboxylic acids is 1. The number of rotatable bonds is 3. The Morgan fingerprint density at radius 3 is 2.43 bits per heavy atom. The van der Waals surface area contributed by atoms with Crippen LogP contribution in [0.2, 0.25) is 0 Å². The van der Waals surface area contributed by atoms with Gasteiger partial charge in [0.25, 0.3) is 5.91 Å². The van der Waals surface area contributed by atoms with Gasteiger partial charge < -0.3 is 9.32 Å². The minimum atomic E-state index is 0.134. The quantitative estimate of drug-likeness (QED) is 0.872. The second-order valence-electron chi connectivity index (χ2n) is 6.67. The third-order valence-corrected chi connectivity index (χ3v) is 4.95. The number of hydrogen-bond donors (Lipinski definition) is 0. The van der Waals surface area contributed by atoms with E-state index in [2.05, 4.69) is 16.0 Å². The van der Waals surface area contributed by atoms with Crippen molar-refractivity contribution in [1.29, 1.82) is 0 Å². The summed E-state index contributed by atoms with van der Waals surface area (Å²) < 4.78 is 5.67. The summed E-state index contributed by atoms with van der Waals surface area (Å²) >= 11 is 0. The van der Waals surface area contributed by atoms with E-state index in [4.69, 9.17) is 4.42 Å². The molecule has 120 valence electrons. The number of fused-ring (bicyclic) bond motifs is 1. The SMILES string of the molecule is Cc1ccc(CN2C[C@@H]3CN(C(=O)c4ccncc4)C[C@H]3C2)o1. The van der Waals surface area contributed by atoms with Crippen LogP contribution in [-0.2, 0) is 6.54 Å². The fourth-order valence-electron chi connectivity index (χ4n) is 3.85. The molecule has 0 saturated carbocycles. The first-order chi connectivity index (χ1) is 11.2. The van der Waals surface area contributed by atoms with Crippen LogP contribution in [0.4, 0.5) is 0 Å². The van der Waals surface area contributed by atoms with Crippen LogP contribution in [0.15, 0.2) is 41.1 Å². The summed E-state index contributed by atoms with van der Waals surface area (Å²) in [5.41, 5.74) is 0.739. The van der Waals surface area contributed by atoms with Crippen molar-refractivity contribution in [2.75, 3.05) is 26.2 Å². The van der Waals surface area contributed by atoms with Crippen LogP contribution in [0.3, 0.4) is 0 Å². The zero-order valence-corrected chi connectivity index (χ0v) is 13.3. The van der Waals surface area contributed by atoms with Gasteiger partial charge in [0.2, 0.25) is 0 Å². The van der Waals surface area contributed by atoms with Gasteiger partial charge in [-0.25, -0.2) is 0 Å². The molecule has 2 aromatic heterocycles. The average Bonchev–Trinajstić information content (AvgIpc) is 3.22. The van der Waals surface area contributed by atoms with Gasteiger partial charge in [-0.15, -0.1) is 0 Å². The van der Waals surface area contributed by atoms with Crippen molar-refractivity contribution in [2.45, 2.75) is 13.5 Å². The van der Waals surface area contributed by atoms with E-state index in [0.717, 1.165) is 49.8 Å². The molecule has 0 N–H and O–H groups in total. The maximum absolute atomic E-state index is 12.5. The van der Waals surface area contributed by atoms with Crippen LogP contribution in [0, 0.1) is 18.8 Å². The molecule has 5 heteroatoms. The van der Waals surface area contributed by atoms with Crippen LogP contribution in [0.25, 0.3) is 0 Å².